The molecule has 69 heteroatoms. The highest BCUT2D eigenvalue weighted by Crippen LogP contribution is 1.47. The van der Waals surface area contributed by atoms with Crippen molar-refractivity contribution in [3.63, 3.8) is 0 Å². The van der Waals surface area contributed by atoms with Gasteiger partial charge in [0.2, 0.25) is 0 Å². The predicted octanol–water partition coefficient (Wildman–Crippen LogP) is -0.166. The lowest BCUT2D eigenvalue weighted by Gasteiger charge is -1.41. The third-order valence-corrected chi connectivity index (χ3v) is 148. The molecule has 0 saturated heterocycles. The highest BCUT2D eigenvalue weighted by molar-refractivity contribution is 8.84. The van der Waals surface area contributed by atoms with Gasteiger partial charge < -0.3 is 0 Å². The molecule has 0 saturated carbocycles. The topological polar surface area (TPSA) is 0 Å². The van der Waals surface area contributed by atoms with E-state index < -0.39 is 0 Å². The molecule has 0 aliphatic heterocycles. The van der Waals surface area contributed by atoms with Gasteiger partial charge >= 0.3 is 0 Å². The molecule has 0 bridgehead atoms. The van der Waals surface area contributed by atoms with Crippen LogP contribution in [0, 0.1) is 0 Å². The zero-order valence-electron chi connectivity index (χ0n) is 28.2. The van der Waals surface area contributed by atoms with Gasteiger partial charge in [0.05, 0.1) is 0 Å². The Labute approximate surface area is 598 Å². The minimum Gasteiger partial charge on any atom is 0 e. The standard InChI is InChI=1S/S69/c1-3-5-7-9-11-13-15-17-19-21-23-25-27-29-31-33-35-37-39-41-43-45-47-49-51-53-55-57-59-61-63-65-67-69-68-66-64-62-60-58-56-54-52-50-48-46-44-42-40-38-36-34-32-30-28-26-24-22-20-18-16-14-12-10-8-6-4-2. The van der Waals surface area contributed by atoms with Crippen LogP contribution in [0.3, 0.4) is 0 Å². The monoisotopic (exact) mass is 2210 g/mol. The number of rotatable bonds is 0. The quantitative estimate of drug-likeness (QED) is 0.332. The van der Waals surface area contributed by atoms with E-state index >= 15 is 0 Å². The average molecular weight is 2210 g/mol. The van der Waals surface area contributed by atoms with Crippen LogP contribution < -0.4 is 0 Å². The second-order valence-electron chi connectivity index (χ2n) is 4.56. The lowest BCUT2D eigenvalue weighted by molar-refractivity contribution is 5.95. The molecule has 0 nitrogen and oxygen atoms in total. The Morgan fingerprint density at radius 3 is 0.159 bits per heavy atom. The molecule has 0 atom stereocenters. The summed E-state index contributed by atoms with van der Waals surface area (Å²) in [7, 11) is 121. The van der Waals surface area contributed by atoms with Crippen LogP contribution in [0.4, 0.5) is 0 Å². The largest absolute Gasteiger partial charge is 0 e. The number of hydrogen-bond acceptors (Lipinski definition) is 2. The summed E-state index contributed by atoms with van der Waals surface area (Å²) in [6.07, 6.45) is 0. The zero-order chi connectivity index (χ0) is 49.4. The van der Waals surface area contributed by atoms with E-state index in [0.717, 1.165) is 0 Å². The molecule has 0 aliphatic rings. The molecule has 0 aliphatic carbocycles. The molecule has 414 valence electrons. The van der Waals surface area contributed by atoms with Gasteiger partial charge in [0.25, 0.3) is 0 Å². The van der Waals surface area contributed by atoms with Crippen LogP contribution in [0.1, 0.15) is 0 Å². The van der Waals surface area contributed by atoms with Gasteiger partial charge in [-0.05, 0) is 0 Å². The molecule has 0 fully saturated rings. The molecule has 0 heterocycles. The molecule has 0 unspecified atom stereocenters. The van der Waals surface area contributed by atoms with E-state index in [9.17, 15) is 0 Å². The Balaban J connectivity index is 6.14. The second kappa shape index (κ2) is 83.2. The molecule has 0 aromatic heterocycles. The lowest BCUT2D eigenvalue weighted by Crippen LogP contribution is -1.41. The Morgan fingerprint density at radius 1 is 0.0725 bits per heavy atom. The SMILES string of the molecule is S=S=S=S=S=S=S=S=S=S=S=S=S=S=S=S=S=S=S=S=S=S=S=S=S=S=S=S=S=S=S=S=S=S=S=S=S=S=S=S=S=S=S=S=S=S=S=S=S=S=S=S=S=S=S=S=S=S=S=S=S=S=S=S=S=S=S=S=S. The normalized spacial score (nSPS) is 7.83. The molecule has 0 radical (unpaired) electrons. The Kier molecular flexibility index (Phi) is 101. The maximum Gasteiger partial charge on any atom is 0 e. The molecule has 0 aromatic carbocycles. The van der Waals surface area contributed by atoms with E-state index in [1.807, 2.05) is 471 Å². The smallest absolute Gasteiger partial charge is 0 e. The van der Waals surface area contributed by atoms with Gasteiger partial charge in [-0.3, -0.25) is 0 Å². The summed E-state index contributed by atoms with van der Waals surface area (Å²) in [5.74, 6) is 0. The summed E-state index contributed by atoms with van der Waals surface area (Å²) in [4.78, 5) is 0. The molecule has 0 rings (SSSR count). The zero-order valence-corrected chi connectivity index (χ0v) is 84.5. The minimum atomic E-state index is 1.37. The minimum absolute atomic E-state index is 1.37. The highest BCUT2D eigenvalue weighted by Gasteiger charge is 1.47. The van der Waals surface area contributed by atoms with Gasteiger partial charge in [-0.15, -0.1) is 0 Å². The lowest BCUT2D eigenvalue weighted by atomic mass is 30.7. The van der Waals surface area contributed by atoms with Crippen molar-refractivity contribution < 1.29 is 0 Å². The molecule has 0 aromatic rings. The molecule has 69 heavy (non-hydrogen) atoms. The second-order valence-corrected chi connectivity index (χ2v) is 123. The first kappa shape index (κ1) is 84.2. The van der Waals surface area contributed by atoms with Gasteiger partial charge in [-0.1, -0.05) is 0 Å². The van der Waals surface area contributed by atoms with Crippen molar-refractivity contribution >= 4 is 617 Å². The van der Waals surface area contributed by atoms with Gasteiger partial charge in [0.1, 0.15) is 0 Å². The van der Waals surface area contributed by atoms with Crippen LogP contribution in [0.2, 0.25) is 0 Å². The van der Waals surface area contributed by atoms with Crippen molar-refractivity contribution in [1.29, 1.82) is 0 Å². The third kappa shape index (κ3) is 83.2. The van der Waals surface area contributed by atoms with Gasteiger partial charge in [0, 0.05) is 617 Å². The third-order valence-electron chi connectivity index (χ3n) is 1.83. The summed E-state index contributed by atoms with van der Waals surface area (Å²) in [6, 6.07) is 0. The molecular weight excluding hydrogens is 2210 g/mol. The fourth-order valence-corrected chi connectivity index (χ4v) is 179. The first-order valence-corrected chi connectivity index (χ1v) is 102. The molecule has 0 N–H and O–H groups in total. The van der Waals surface area contributed by atoms with E-state index in [0.29, 0.717) is 0 Å². The first-order valence-electron chi connectivity index (χ1n) is 11.3. The van der Waals surface area contributed by atoms with E-state index in [-0.39, 0.29) is 0 Å². The van der Waals surface area contributed by atoms with Crippen LogP contribution in [-0.4, -0.2) is 0 Å². The van der Waals surface area contributed by atoms with E-state index in [4.69, 9.17) is 22.4 Å². The summed E-state index contributed by atoms with van der Waals surface area (Å²) in [6.45, 7) is 0. The van der Waals surface area contributed by atoms with Crippen LogP contribution in [0.15, 0.2) is 0 Å². The predicted molar refractivity (Wildman–Crippen MR) is 508 cm³/mol. The summed E-state index contributed by atoms with van der Waals surface area (Å²) < 4.78 is 0. The Bertz CT molecular complexity index is 4770. The maximum absolute atomic E-state index is 4.82. The van der Waals surface area contributed by atoms with Crippen LogP contribution in [0.25, 0.3) is 0 Å². The van der Waals surface area contributed by atoms with Crippen LogP contribution in [-0.2, 0) is 617 Å². The fourth-order valence-electron chi connectivity index (χ4n) is 0.737. The molecule has 0 amide bonds. The summed E-state index contributed by atoms with van der Waals surface area (Å²) >= 11 is 9.64. The van der Waals surface area contributed by atoms with E-state index in [2.05, 4.69) is 0 Å². The van der Waals surface area contributed by atoms with Crippen LogP contribution in [0.5, 0.6) is 0 Å². The van der Waals surface area contributed by atoms with Gasteiger partial charge in [-0.2, -0.15) is 0 Å². The van der Waals surface area contributed by atoms with Crippen molar-refractivity contribution in [3.05, 3.63) is 0 Å². The molecular formula is S69. The highest BCUT2D eigenvalue weighted by atomic mass is 33.5. The van der Waals surface area contributed by atoms with Crippen molar-refractivity contribution in [1.82, 2.24) is 0 Å². The van der Waals surface area contributed by atoms with E-state index in [1.165, 1.54) is 17.8 Å². The summed E-state index contributed by atoms with van der Waals surface area (Å²) in [5.41, 5.74) is 0. The Hall–Kier alpha value is 15.2. The Morgan fingerprint density at radius 2 is 0.116 bits per heavy atom. The maximum atomic E-state index is 4.82. The van der Waals surface area contributed by atoms with Gasteiger partial charge in [-0.25, -0.2) is 0 Å². The number of hydrogen-bond donors (Lipinski definition) is 0. The van der Waals surface area contributed by atoms with Gasteiger partial charge in [0.15, 0.2) is 0 Å². The fraction of sp³-hybridized carbons (Fsp3) is 0. The average Bonchev–Trinajstić information content (AvgIpc) is 3.36. The van der Waals surface area contributed by atoms with Crippen LogP contribution >= 0.6 is 0 Å². The first-order chi connectivity index (χ1) is 34.4. The van der Waals surface area contributed by atoms with Crippen molar-refractivity contribution in [2.75, 3.05) is 0 Å². The summed E-state index contributed by atoms with van der Waals surface area (Å²) in [5, 5.41) is 0. The van der Waals surface area contributed by atoms with Crippen molar-refractivity contribution in [3.8, 4) is 0 Å². The van der Waals surface area contributed by atoms with Crippen molar-refractivity contribution in [2.45, 2.75) is 0 Å². The van der Waals surface area contributed by atoms with Crippen molar-refractivity contribution in [2.24, 2.45) is 0 Å². The molecule has 0 spiro atoms. The van der Waals surface area contributed by atoms with E-state index in [1.54, 1.807) is 107 Å².